The van der Waals surface area contributed by atoms with E-state index in [-0.39, 0.29) is 11.8 Å². The van der Waals surface area contributed by atoms with Gasteiger partial charge in [0.1, 0.15) is 6.04 Å². The molecular formula is C12H20N2O3. The molecule has 2 aliphatic rings. The first kappa shape index (κ1) is 12.4. The highest BCUT2D eigenvalue weighted by Gasteiger charge is 2.51. The summed E-state index contributed by atoms with van der Waals surface area (Å²) >= 11 is 0. The third-order valence-electron chi connectivity index (χ3n) is 3.96. The molecule has 5 nitrogen and oxygen atoms in total. The summed E-state index contributed by atoms with van der Waals surface area (Å²) < 4.78 is 0. The average molecular weight is 240 g/mol. The lowest BCUT2D eigenvalue weighted by molar-refractivity contribution is -0.151. The molecule has 1 heterocycles. The molecule has 17 heavy (non-hydrogen) atoms. The molecule has 1 aliphatic carbocycles. The Morgan fingerprint density at radius 2 is 2.00 bits per heavy atom. The van der Waals surface area contributed by atoms with Gasteiger partial charge in [-0.05, 0) is 38.5 Å². The largest absolute Gasteiger partial charge is 0.480 e. The number of nitrogens with zero attached hydrogens (tertiary/aromatic N) is 1. The highest BCUT2D eigenvalue weighted by molar-refractivity contribution is 5.90. The Labute approximate surface area is 101 Å². The Morgan fingerprint density at radius 3 is 2.53 bits per heavy atom. The van der Waals surface area contributed by atoms with Gasteiger partial charge in [-0.15, -0.1) is 0 Å². The van der Waals surface area contributed by atoms with Gasteiger partial charge in [0.2, 0.25) is 5.91 Å². The van der Waals surface area contributed by atoms with Gasteiger partial charge in [0, 0.05) is 6.54 Å². The van der Waals surface area contributed by atoms with E-state index in [1.807, 2.05) is 0 Å². The molecule has 96 valence electrons. The second-order valence-corrected chi connectivity index (χ2v) is 5.82. The number of carbonyl (C=O) groups is 2. The van der Waals surface area contributed by atoms with E-state index in [9.17, 15) is 14.7 Å². The predicted octanol–water partition coefficient (Wildman–Crippen LogP) is 0.435. The summed E-state index contributed by atoms with van der Waals surface area (Å²) in [6.07, 6.45) is 3.02. The number of carbonyl (C=O) groups excluding carboxylic acids is 1. The van der Waals surface area contributed by atoms with Crippen LogP contribution < -0.4 is 5.73 Å². The fourth-order valence-electron chi connectivity index (χ4n) is 3.20. The first-order valence-corrected chi connectivity index (χ1v) is 6.15. The molecule has 1 saturated heterocycles. The molecule has 0 spiro atoms. The minimum atomic E-state index is -0.994. The molecule has 2 fully saturated rings. The topological polar surface area (TPSA) is 83.6 Å². The molecule has 3 atom stereocenters. The number of carboxylic acid groups (broad SMARTS) is 1. The monoisotopic (exact) mass is 240 g/mol. The van der Waals surface area contributed by atoms with Crippen LogP contribution in [0.15, 0.2) is 0 Å². The number of amides is 1. The SMILES string of the molecule is CC(C)(N)C(=O)N1CC2CCCC2C1C(=O)O. The molecule has 0 radical (unpaired) electrons. The third-order valence-corrected chi connectivity index (χ3v) is 3.96. The zero-order chi connectivity index (χ0) is 12.8. The van der Waals surface area contributed by atoms with Gasteiger partial charge in [-0.1, -0.05) is 6.42 Å². The fourth-order valence-corrected chi connectivity index (χ4v) is 3.20. The van der Waals surface area contributed by atoms with E-state index in [2.05, 4.69) is 0 Å². The van der Waals surface area contributed by atoms with Crippen molar-refractivity contribution in [3.8, 4) is 0 Å². The smallest absolute Gasteiger partial charge is 0.326 e. The summed E-state index contributed by atoms with van der Waals surface area (Å²) in [6, 6.07) is -0.669. The van der Waals surface area contributed by atoms with E-state index in [1.54, 1.807) is 13.8 Å². The van der Waals surface area contributed by atoms with E-state index < -0.39 is 17.6 Å². The summed E-state index contributed by atoms with van der Waals surface area (Å²) in [5, 5.41) is 9.31. The minimum Gasteiger partial charge on any atom is -0.480 e. The van der Waals surface area contributed by atoms with Crippen LogP contribution in [0.25, 0.3) is 0 Å². The van der Waals surface area contributed by atoms with Crippen molar-refractivity contribution in [1.29, 1.82) is 0 Å². The molecule has 1 amide bonds. The van der Waals surface area contributed by atoms with E-state index >= 15 is 0 Å². The van der Waals surface area contributed by atoms with Crippen LogP contribution in [0.2, 0.25) is 0 Å². The summed E-state index contributed by atoms with van der Waals surface area (Å²) in [5.41, 5.74) is 4.79. The first-order chi connectivity index (χ1) is 7.82. The van der Waals surface area contributed by atoms with Gasteiger partial charge in [0.15, 0.2) is 0 Å². The number of hydrogen-bond donors (Lipinski definition) is 2. The number of aliphatic carboxylic acids is 1. The van der Waals surface area contributed by atoms with Crippen molar-refractivity contribution in [2.75, 3.05) is 6.54 Å². The Kier molecular flexibility index (Phi) is 2.89. The Hall–Kier alpha value is -1.10. The maximum absolute atomic E-state index is 12.2. The number of rotatable bonds is 2. The molecule has 0 bridgehead atoms. The van der Waals surface area contributed by atoms with Crippen molar-refractivity contribution >= 4 is 11.9 Å². The van der Waals surface area contributed by atoms with Crippen LogP contribution >= 0.6 is 0 Å². The second-order valence-electron chi connectivity index (χ2n) is 5.82. The summed E-state index contributed by atoms with van der Waals surface area (Å²) in [7, 11) is 0. The lowest BCUT2D eigenvalue weighted by Crippen LogP contribution is -2.55. The van der Waals surface area contributed by atoms with Gasteiger partial charge in [-0.25, -0.2) is 4.79 Å². The third kappa shape index (κ3) is 2.04. The number of likely N-dealkylation sites (tertiary alicyclic amines) is 1. The molecule has 3 N–H and O–H groups in total. The van der Waals surface area contributed by atoms with Gasteiger partial charge in [0.25, 0.3) is 0 Å². The van der Waals surface area contributed by atoms with Crippen LogP contribution in [0.5, 0.6) is 0 Å². The summed E-state index contributed by atoms with van der Waals surface area (Å²) in [5.74, 6) is -0.669. The van der Waals surface area contributed by atoms with Crippen molar-refractivity contribution in [2.45, 2.75) is 44.7 Å². The van der Waals surface area contributed by atoms with E-state index in [0.29, 0.717) is 12.5 Å². The fraction of sp³-hybridized carbons (Fsp3) is 0.833. The van der Waals surface area contributed by atoms with Gasteiger partial charge in [0.05, 0.1) is 5.54 Å². The average Bonchev–Trinajstić information content (AvgIpc) is 2.71. The molecule has 0 aromatic carbocycles. The zero-order valence-corrected chi connectivity index (χ0v) is 10.3. The van der Waals surface area contributed by atoms with Gasteiger partial charge < -0.3 is 15.7 Å². The molecule has 1 aliphatic heterocycles. The van der Waals surface area contributed by atoms with E-state index in [4.69, 9.17) is 5.73 Å². The van der Waals surface area contributed by atoms with Crippen molar-refractivity contribution in [2.24, 2.45) is 17.6 Å². The number of nitrogens with two attached hydrogens (primary N) is 1. The van der Waals surface area contributed by atoms with Crippen LogP contribution in [0, 0.1) is 11.8 Å². The zero-order valence-electron chi connectivity index (χ0n) is 10.3. The molecule has 2 rings (SSSR count). The maximum atomic E-state index is 12.2. The van der Waals surface area contributed by atoms with Crippen LogP contribution in [-0.4, -0.2) is 40.0 Å². The van der Waals surface area contributed by atoms with Crippen molar-refractivity contribution in [3.63, 3.8) is 0 Å². The second kappa shape index (κ2) is 3.98. The van der Waals surface area contributed by atoms with Crippen molar-refractivity contribution in [3.05, 3.63) is 0 Å². The summed E-state index contributed by atoms with van der Waals surface area (Å²) in [4.78, 5) is 25.0. The van der Waals surface area contributed by atoms with Gasteiger partial charge in [-0.3, -0.25) is 4.79 Å². The molecule has 1 saturated carbocycles. The molecule has 0 aromatic heterocycles. The molecule has 0 aromatic rings. The maximum Gasteiger partial charge on any atom is 0.326 e. The quantitative estimate of drug-likeness (QED) is 0.733. The van der Waals surface area contributed by atoms with Crippen molar-refractivity contribution < 1.29 is 14.7 Å². The van der Waals surface area contributed by atoms with Gasteiger partial charge >= 0.3 is 5.97 Å². The number of carboxylic acids is 1. The van der Waals surface area contributed by atoms with Crippen LogP contribution in [0.1, 0.15) is 33.1 Å². The van der Waals surface area contributed by atoms with Crippen LogP contribution in [0.4, 0.5) is 0 Å². The van der Waals surface area contributed by atoms with Gasteiger partial charge in [-0.2, -0.15) is 0 Å². The highest BCUT2D eigenvalue weighted by Crippen LogP contribution is 2.42. The van der Waals surface area contributed by atoms with Crippen LogP contribution in [0.3, 0.4) is 0 Å². The molecular weight excluding hydrogens is 220 g/mol. The lowest BCUT2D eigenvalue weighted by Gasteiger charge is -2.30. The normalized spacial score (nSPS) is 32.6. The predicted molar refractivity (Wildman–Crippen MR) is 62.2 cm³/mol. The Bertz CT molecular complexity index is 348. The Morgan fingerprint density at radius 1 is 1.35 bits per heavy atom. The lowest BCUT2D eigenvalue weighted by atomic mass is 9.94. The molecule has 5 heteroatoms. The number of hydrogen-bond acceptors (Lipinski definition) is 3. The van der Waals surface area contributed by atoms with Crippen molar-refractivity contribution in [1.82, 2.24) is 4.90 Å². The first-order valence-electron chi connectivity index (χ1n) is 6.15. The molecule has 3 unspecified atom stereocenters. The number of fused-ring (bicyclic) bond motifs is 1. The summed E-state index contributed by atoms with van der Waals surface area (Å²) in [6.45, 7) is 3.81. The highest BCUT2D eigenvalue weighted by atomic mass is 16.4. The van der Waals surface area contributed by atoms with Crippen LogP contribution in [-0.2, 0) is 9.59 Å². The minimum absolute atomic E-state index is 0.124. The standard InChI is InChI=1S/C12H20N2O3/c1-12(2,13)11(17)14-6-7-4-3-5-8(7)9(14)10(15)16/h7-9H,3-6,13H2,1-2H3,(H,15,16). The van der Waals surface area contributed by atoms with E-state index in [0.717, 1.165) is 19.3 Å². The van der Waals surface area contributed by atoms with E-state index in [1.165, 1.54) is 4.90 Å². The Balaban J connectivity index is 2.23.